The third-order valence-electron chi connectivity index (χ3n) is 1.66. The zero-order valence-corrected chi connectivity index (χ0v) is 7.44. The standard InChI is InChI=1S/C11H8N2O/c12-6-2-1-3-10-7-9(8-13)4-5-11(10)14/h1,3-5,7,14H,2H2. The quantitative estimate of drug-likeness (QED) is 0.765. The monoisotopic (exact) mass is 184 g/mol. The zero-order valence-electron chi connectivity index (χ0n) is 7.44. The van der Waals surface area contributed by atoms with E-state index >= 15 is 0 Å². The molecule has 0 aromatic heterocycles. The highest BCUT2D eigenvalue weighted by molar-refractivity contribution is 5.59. The highest BCUT2D eigenvalue weighted by atomic mass is 16.3. The Labute approximate surface area is 82.1 Å². The van der Waals surface area contributed by atoms with Crippen molar-refractivity contribution in [1.29, 1.82) is 10.5 Å². The van der Waals surface area contributed by atoms with E-state index in [9.17, 15) is 5.11 Å². The molecule has 1 aromatic rings. The van der Waals surface area contributed by atoms with E-state index in [2.05, 4.69) is 0 Å². The predicted molar refractivity (Wildman–Crippen MR) is 52.1 cm³/mol. The molecule has 3 heteroatoms. The van der Waals surface area contributed by atoms with Gasteiger partial charge in [-0.3, -0.25) is 0 Å². The third kappa shape index (κ3) is 2.36. The van der Waals surface area contributed by atoms with Gasteiger partial charge in [-0.2, -0.15) is 10.5 Å². The summed E-state index contributed by atoms with van der Waals surface area (Å²) in [7, 11) is 0. The van der Waals surface area contributed by atoms with Gasteiger partial charge in [0.15, 0.2) is 0 Å². The molecule has 0 aliphatic carbocycles. The predicted octanol–water partition coefficient (Wildman–Crippen LogP) is 2.19. The van der Waals surface area contributed by atoms with Crippen LogP contribution in [0.1, 0.15) is 17.5 Å². The van der Waals surface area contributed by atoms with Crippen LogP contribution < -0.4 is 0 Å². The van der Waals surface area contributed by atoms with Crippen LogP contribution in [0.4, 0.5) is 0 Å². The minimum absolute atomic E-state index is 0.109. The number of phenolic OH excluding ortho intramolecular Hbond substituents is 1. The Bertz CT molecular complexity index is 436. The Hall–Kier alpha value is -2.26. The highest BCUT2D eigenvalue weighted by Crippen LogP contribution is 2.19. The summed E-state index contributed by atoms with van der Waals surface area (Å²) in [6, 6.07) is 8.50. The van der Waals surface area contributed by atoms with Crippen LogP contribution in [0, 0.1) is 22.7 Å². The topological polar surface area (TPSA) is 67.8 Å². The average Bonchev–Trinajstić information content (AvgIpc) is 2.21. The van der Waals surface area contributed by atoms with Crippen molar-refractivity contribution in [3.05, 3.63) is 35.4 Å². The first-order valence-corrected chi connectivity index (χ1v) is 4.04. The molecule has 0 unspecified atom stereocenters. The summed E-state index contributed by atoms with van der Waals surface area (Å²) in [6.45, 7) is 0. The van der Waals surface area contributed by atoms with Gasteiger partial charge in [0.05, 0.1) is 24.1 Å². The minimum Gasteiger partial charge on any atom is -0.507 e. The van der Waals surface area contributed by atoms with E-state index < -0.39 is 0 Å². The Morgan fingerprint density at radius 1 is 1.36 bits per heavy atom. The summed E-state index contributed by atoms with van der Waals surface area (Å²) in [5.41, 5.74) is 1.04. The van der Waals surface area contributed by atoms with Crippen LogP contribution in [-0.2, 0) is 0 Å². The van der Waals surface area contributed by atoms with Crippen molar-refractivity contribution < 1.29 is 5.11 Å². The molecule has 0 aliphatic rings. The van der Waals surface area contributed by atoms with Crippen molar-refractivity contribution >= 4 is 6.08 Å². The molecular weight excluding hydrogens is 176 g/mol. The van der Waals surface area contributed by atoms with Gasteiger partial charge in [0.1, 0.15) is 5.75 Å². The second kappa shape index (κ2) is 4.69. The van der Waals surface area contributed by atoms with E-state index in [1.807, 2.05) is 12.1 Å². The molecule has 14 heavy (non-hydrogen) atoms. The number of rotatable bonds is 2. The minimum atomic E-state index is 0.109. The molecule has 3 nitrogen and oxygen atoms in total. The Balaban J connectivity index is 2.97. The number of nitriles is 2. The van der Waals surface area contributed by atoms with E-state index in [-0.39, 0.29) is 12.2 Å². The maximum Gasteiger partial charge on any atom is 0.122 e. The Morgan fingerprint density at radius 2 is 2.14 bits per heavy atom. The fourth-order valence-electron chi connectivity index (χ4n) is 0.996. The third-order valence-corrected chi connectivity index (χ3v) is 1.66. The van der Waals surface area contributed by atoms with Crippen LogP contribution in [0.15, 0.2) is 24.3 Å². The normalized spacial score (nSPS) is 9.57. The number of hydrogen-bond acceptors (Lipinski definition) is 3. The molecule has 0 atom stereocenters. The fourth-order valence-corrected chi connectivity index (χ4v) is 0.996. The van der Waals surface area contributed by atoms with Crippen LogP contribution in [0.3, 0.4) is 0 Å². The number of phenols is 1. The molecule has 0 amide bonds. The molecule has 0 radical (unpaired) electrons. The molecule has 0 fully saturated rings. The lowest BCUT2D eigenvalue weighted by Crippen LogP contribution is -1.78. The molecular formula is C11H8N2O. The van der Waals surface area contributed by atoms with Gasteiger partial charge in [0.2, 0.25) is 0 Å². The first-order valence-electron chi connectivity index (χ1n) is 4.04. The molecule has 0 saturated heterocycles. The summed E-state index contributed by atoms with van der Waals surface area (Å²) in [4.78, 5) is 0. The molecule has 0 aliphatic heterocycles. The van der Waals surface area contributed by atoms with Gasteiger partial charge in [-0.05, 0) is 18.2 Å². The molecule has 0 heterocycles. The second-order valence-corrected chi connectivity index (χ2v) is 2.65. The van der Waals surface area contributed by atoms with Crippen molar-refractivity contribution in [3.63, 3.8) is 0 Å². The summed E-state index contributed by atoms with van der Waals surface area (Å²) in [5, 5.41) is 26.3. The second-order valence-electron chi connectivity index (χ2n) is 2.65. The maximum atomic E-state index is 9.39. The van der Waals surface area contributed by atoms with Gasteiger partial charge < -0.3 is 5.11 Å². The van der Waals surface area contributed by atoms with E-state index in [1.165, 1.54) is 12.1 Å². The molecule has 68 valence electrons. The molecule has 1 rings (SSSR count). The lowest BCUT2D eigenvalue weighted by Gasteiger charge is -1.98. The van der Waals surface area contributed by atoms with Crippen LogP contribution in [0.25, 0.3) is 6.08 Å². The smallest absolute Gasteiger partial charge is 0.122 e. The van der Waals surface area contributed by atoms with Crippen molar-refractivity contribution in [1.82, 2.24) is 0 Å². The van der Waals surface area contributed by atoms with Crippen molar-refractivity contribution in [2.45, 2.75) is 6.42 Å². The Kier molecular flexibility index (Phi) is 3.29. The molecule has 0 bridgehead atoms. The molecule has 1 N–H and O–H groups in total. The van der Waals surface area contributed by atoms with Gasteiger partial charge in [-0.15, -0.1) is 0 Å². The zero-order chi connectivity index (χ0) is 10.4. The van der Waals surface area contributed by atoms with Gasteiger partial charge in [0, 0.05) is 5.56 Å². The van der Waals surface area contributed by atoms with Gasteiger partial charge in [-0.25, -0.2) is 0 Å². The summed E-state index contributed by atoms with van der Waals surface area (Å²) >= 11 is 0. The van der Waals surface area contributed by atoms with Crippen LogP contribution in [0.5, 0.6) is 5.75 Å². The summed E-state index contributed by atoms with van der Waals surface area (Å²) < 4.78 is 0. The fraction of sp³-hybridized carbons (Fsp3) is 0.0909. The van der Waals surface area contributed by atoms with Gasteiger partial charge in [0.25, 0.3) is 0 Å². The number of benzene rings is 1. The van der Waals surface area contributed by atoms with E-state index in [1.54, 1.807) is 18.2 Å². The Morgan fingerprint density at radius 3 is 2.79 bits per heavy atom. The SMILES string of the molecule is N#CCC=Cc1cc(C#N)ccc1O. The van der Waals surface area contributed by atoms with Crippen molar-refractivity contribution in [2.24, 2.45) is 0 Å². The number of hydrogen-bond donors (Lipinski definition) is 1. The van der Waals surface area contributed by atoms with Crippen LogP contribution in [0.2, 0.25) is 0 Å². The molecule has 0 saturated carbocycles. The van der Waals surface area contributed by atoms with E-state index in [4.69, 9.17) is 10.5 Å². The van der Waals surface area contributed by atoms with Crippen molar-refractivity contribution in [2.75, 3.05) is 0 Å². The maximum absolute atomic E-state index is 9.39. The number of aromatic hydroxyl groups is 1. The molecule has 1 aromatic carbocycles. The van der Waals surface area contributed by atoms with Gasteiger partial charge in [-0.1, -0.05) is 12.2 Å². The summed E-state index contributed by atoms with van der Waals surface area (Å²) in [6.07, 6.45) is 3.55. The number of nitrogens with zero attached hydrogens (tertiary/aromatic N) is 2. The molecule has 0 spiro atoms. The van der Waals surface area contributed by atoms with Crippen LogP contribution in [-0.4, -0.2) is 5.11 Å². The first kappa shape index (κ1) is 9.83. The van der Waals surface area contributed by atoms with Crippen LogP contribution >= 0.6 is 0 Å². The first-order chi connectivity index (χ1) is 6.77. The van der Waals surface area contributed by atoms with E-state index in [0.717, 1.165) is 0 Å². The average molecular weight is 184 g/mol. The lowest BCUT2D eigenvalue weighted by molar-refractivity contribution is 0.474. The van der Waals surface area contributed by atoms with E-state index in [0.29, 0.717) is 11.1 Å². The van der Waals surface area contributed by atoms with Gasteiger partial charge >= 0.3 is 0 Å². The van der Waals surface area contributed by atoms with Crippen molar-refractivity contribution in [3.8, 4) is 17.9 Å². The summed E-state index contributed by atoms with van der Waals surface area (Å²) in [5.74, 6) is 0.109. The number of allylic oxidation sites excluding steroid dienone is 1. The lowest BCUT2D eigenvalue weighted by atomic mass is 10.1. The highest BCUT2D eigenvalue weighted by Gasteiger charge is 1.98. The largest absolute Gasteiger partial charge is 0.507 e.